The number of carbonyl (C=O) groups excluding carboxylic acids is 1. The molecule has 1 atom stereocenters. The summed E-state index contributed by atoms with van der Waals surface area (Å²) in [7, 11) is 0. The van der Waals surface area contributed by atoms with Crippen molar-refractivity contribution >= 4 is 11.6 Å². The van der Waals surface area contributed by atoms with Crippen molar-refractivity contribution in [1.82, 2.24) is 15.2 Å². The van der Waals surface area contributed by atoms with E-state index in [1.807, 2.05) is 12.1 Å². The molecule has 1 fully saturated rings. The Morgan fingerprint density at radius 1 is 1.52 bits per heavy atom. The van der Waals surface area contributed by atoms with Crippen LogP contribution >= 0.6 is 0 Å². The van der Waals surface area contributed by atoms with Gasteiger partial charge in [0.2, 0.25) is 0 Å². The average Bonchev–Trinajstić information content (AvgIpc) is 3.13. The molecule has 0 bridgehead atoms. The van der Waals surface area contributed by atoms with E-state index in [1.54, 1.807) is 12.4 Å². The van der Waals surface area contributed by atoms with Gasteiger partial charge in [-0.1, -0.05) is 25.1 Å². The summed E-state index contributed by atoms with van der Waals surface area (Å²) >= 11 is 0. The molecule has 2 aliphatic rings. The van der Waals surface area contributed by atoms with Crippen LogP contribution in [0.15, 0.2) is 29.7 Å². The Kier molecular flexibility index (Phi) is 4.61. The molecule has 0 aliphatic carbocycles. The molecule has 1 spiro atoms. The summed E-state index contributed by atoms with van der Waals surface area (Å²) in [6.07, 6.45) is 4.99. The second-order valence-corrected chi connectivity index (χ2v) is 6.91. The van der Waals surface area contributed by atoms with E-state index in [1.165, 1.54) is 0 Å². The lowest BCUT2D eigenvalue weighted by atomic mass is 9.96. The summed E-state index contributed by atoms with van der Waals surface area (Å²) in [5, 5.41) is 6.95. The van der Waals surface area contributed by atoms with Gasteiger partial charge < -0.3 is 10.2 Å². The quantitative estimate of drug-likeness (QED) is 0.895. The molecule has 6 nitrogen and oxygen atoms in total. The number of carbonyl (C=O) groups is 1. The van der Waals surface area contributed by atoms with Gasteiger partial charge >= 0.3 is 0 Å². The monoisotopic (exact) mass is 316 g/mol. The zero-order chi connectivity index (χ0) is 16.3. The van der Waals surface area contributed by atoms with E-state index < -0.39 is 0 Å². The van der Waals surface area contributed by atoms with E-state index >= 15 is 0 Å². The van der Waals surface area contributed by atoms with Crippen LogP contribution in [0.25, 0.3) is 0 Å². The van der Waals surface area contributed by atoms with Crippen LogP contribution in [-0.2, 0) is 16.2 Å². The average molecular weight is 316 g/mol. The Hall–Kier alpha value is -1.95. The van der Waals surface area contributed by atoms with Crippen LogP contribution in [0.5, 0.6) is 0 Å². The molecule has 23 heavy (non-hydrogen) atoms. The predicted molar refractivity (Wildman–Crippen MR) is 87.8 cm³/mol. The standard InChI is InChI=1S/C17H24N4O2/c1-13(2)11-21-7-5-17(12-21)8-15(20-23-17)16(22)19-10-14-4-3-6-18-9-14/h3-4,6,9,13H,5,7-8,10-12H2,1-2H3,(H,19,22)/t17-/m1/s1. The van der Waals surface area contributed by atoms with Crippen molar-refractivity contribution in [3.8, 4) is 0 Å². The van der Waals surface area contributed by atoms with Gasteiger partial charge in [-0.3, -0.25) is 14.7 Å². The number of hydrogen-bond acceptors (Lipinski definition) is 5. The fraction of sp³-hybridized carbons (Fsp3) is 0.588. The lowest BCUT2D eigenvalue weighted by molar-refractivity contribution is -0.115. The van der Waals surface area contributed by atoms with Crippen LogP contribution in [0, 0.1) is 5.92 Å². The summed E-state index contributed by atoms with van der Waals surface area (Å²) in [5.41, 5.74) is 1.18. The minimum absolute atomic E-state index is 0.145. The van der Waals surface area contributed by atoms with Crippen LogP contribution in [0.3, 0.4) is 0 Å². The molecular formula is C17H24N4O2. The molecule has 3 heterocycles. The van der Waals surface area contributed by atoms with E-state index in [4.69, 9.17) is 4.84 Å². The highest BCUT2D eigenvalue weighted by Gasteiger charge is 2.46. The Balaban J connectivity index is 1.50. The minimum atomic E-state index is -0.296. The topological polar surface area (TPSA) is 66.8 Å². The maximum atomic E-state index is 12.3. The summed E-state index contributed by atoms with van der Waals surface area (Å²) in [6, 6.07) is 3.79. The molecule has 0 saturated carbocycles. The van der Waals surface area contributed by atoms with E-state index in [0.29, 0.717) is 24.6 Å². The van der Waals surface area contributed by atoms with Gasteiger partial charge in [0.15, 0.2) is 5.60 Å². The van der Waals surface area contributed by atoms with Gasteiger partial charge in [-0.2, -0.15) is 0 Å². The van der Waals surface area contributed by atoms with E-state index in [9.17, 15) is 4.79 Å². The molecule has 124 valence electrons. The molecule has 3 rings (SSSR count). The maximum absolute atomic E-state index is 12.3. The summed E-state index contributed by atoms with van der Waals surface area (Å²) < 4.78 is 0. The maximum Gasteiger partial charge on any atom is 0.269 e. The second kappa shape index (κ2) is 6.66. The molecule has 1 saturated heterocycles. The zero-order valence-electron chi connectivity index (χ0n) is 13.8. The molecule has 1 N–H and O–H groups in total. The summed E-state index contributed by atoms with van der Waals surface area (Å²) in [6.45, 7) is 7.82. The number of nitrogens with one attached hydrogen (secondary N) is 1. The van der Waals surface area contributed by atoms with Crippen LogP contribution in [0.4, 0.5) is 0 Å². The number of pyridine rings is 1. The van der Waals surface area contributed by atoms with Crippen LogP contribution < -0.4 is 5.32 Å². The lowest BCUT2D eigenvalue weighted by Gasteiger charge is -2.22. The molecule has 0 unspecified atom stereocenters. The second-order valence-electron chi connectivity index (χ2n) is 6.91. The van der Waals surface area contributed by atoms with Crippen molar-refractivity contribution in [3.63, 3.8) is 0 Å². The number of amides is 1. The van der Waals surface area contributed by atoms with Crippen LogP contribution in [0.2, 0.25) is 0 Å². The van der Waals surface area contributed by atoms with E-state index in [0.717, 1.165) is 31.6 Å². The van der Waals surface area contributed by atoms with Gasteiger partial charge in [0, 0.05) is 51.4 Å². The van der Waals surface area contributed by atoms with Crippen LogP contribution in [0.1, 0.15) is 32.3 Å². The van der Waals surface area contributed by atoms with E-state index in [2.05, 4.69) is 34.2 Å². The first-order valence-electron chi connectivity index (χ1n) is 8.21. The SMILES string of the molecule is CC(C)CN1CC[C@@]2(CC(C(=O)NCc3cccnc3)=NO2)C1. The van der Waals surface area contributed by atoms with Gasteiger partial charge in [-0.25, -0.2) is 0 Å². The predicted octanol–water partition coefficient (Wildman–Crippen LogP) is 1.57. The van der Waals surface area contributed by atoms with Crippen molar-refractivity contribution < 1.29 is 9.63 Å². The highest BCUT2D eigenvalue weighted by atomic mass is 16.7. The van der Waals surface area contributed by atoms with Gasteiger partial charge in [-0.05, 0) is 17.5 Å². The third kappa shape index (κ3) is 3.88. The normalized spacial score (nSPS) is 24.0. The Morgan fingerprint density at radius 3 is 3.13 bits per heavy atom. The first kappa shape index (κ1) is 15.9. The summed E-state index contributed by atoms with van der Waals surface area (Å²) in [5.74, 6) is 0.489. The fourth-order valence-corrected chi connectivity index (χ4v) is 3.25. The van der Waals surface area contributed by atoms with Gasteiger partial charge in [0.25, 0.3) is 5.91 Å². The summed E-state index contributed by atoms with van der Waals surface area (Å²) in [4.78, 5) is 24.4. The van der Waals surface area contributed by atoms with Crippen LogP contribution in [-0.4, -0.2) is 46.7 Å². The third-order valence-electron chi connectivity index (χ3n) is 4.30. The van der Waals surface area contributed by atoms with Crippen molar-refractivity contribution in [2.45, 2.75) is 38.8 Å². The van der Waals surface area contributed by atoms with Crippen molar-refractivity contribution in [2.24, 2.45) is 11.1 Å². The molecule has 1 amide bonds. The third-order valence-corrected chi connectivity index (χ3v) is 4.30. The van der Waals surface area contributed by atoms with Crippen molar-refractivity contribution in [1.29, 1.82) is 0 Å². The lowest BCUT2D eigenvalue weighted by Crippen LogP contribution is -2.37. The minimum Gasteiger partial charge on any atom is -0.387 e. The fourth-order valence-electron chi connectivity index (χ4n) is 3.25. The van der Waals surface area contributed by atoms with Gasteiger partial charge in [0.1, 0.15) is 5.71 Å². The van der Waals surface area contributed by atoms with Gasteiger partial charge in [0.05, 0.1) is 0 Å². The number of likely N-dealkylation sites (tertiary alicyclic amines) is 1. The Labute approximate surface area is 136 Å². The molecule has 1 aromatic rings. The number of rotatable bonds is 5. The highest BCUT2D eigenvalue weighted by molar-refractivity contribution is 6.39. The van der Waals surface area contributed by atoms with E-state index in [-0.39, 0.29) is 11.5 Å². The molecule has 0 radical (unpaired) electrons. The Bertz CT molecular complexity index is 588. The zero-order valence-corrected chi connectivity index (χ0v) is 13.8. The number of hydrogen-bond donors (Lipinski definition) is 1. The Morgan fingerprint density at radius 2 is 2.39 bits per heavy atom. The first-order valence-corrected chi connectivity index (χ1v) is 8.21. The first-order chi connectivity index (χ1) is 11.1. The molecule has 2 aliphatic heterocycles. The largest absolute Gasteiger partial charge is 0.387 e. The van der Waals surface area contributed by atoms with Crippen molar-refractivity contribution in [3.05, 3.63) is 30.1 Å². The number of aromatic nitrogens is 1. The highest BCUT2D eigenvalue weighted by Crippen LogP contribution is 2.34. The molecular weight excluding hydrogens is 292 g/mol. The van der Waals surface area contributed by atoms with Crippen molar-refractivity contribution in [2.75, 3.05) is 19.6 Å². The smallest absolute Gasteiger partial charge is 0.269 e. The molecule has 6 heteroatoms. The number of nitrogens with zero attached hydrogens (tertiary/aromatic N) is 3. The molecule has 1 aromatic heterocycles. The molecule has 0 aromatic carbocycles. The number of oxime groups is 1. The van der Waals surface area contributed by atoms with Gasteiger partial charge in [-0.15, -0.1) is 0 Å².